The molecule has 0 spiro atoms. The van der Waals surface area contributed by atoms with Crippen LogP contribution >= 0.6 is 0 Å². The summed E-state index contributed by atoms with van der Waals surface area (Å²) in [5.74, 6) is -0.194. The van der Waals surface area contributed by atoms with Crippen molar-refractivity contribution in [1.29, 1.82) is 0 Å². The molecular weight excluding hydrogens is 293 g/mol. The van der Waals surface area contributed by atoms with Gasteiger partial charge >= 0.3 is 0 Å². The summed E-state index contributed by atoms with van der Waals surface area (Å²) in [6, 6.07) is 12.4. The summed E-state index contributed by atoms with van der Waals surface area (Å²) in [5.41, 5.74) is 7.35. The van der Waals surface area contributed by atoms with Crippen LogP contribution in [-0.2, 0) is 16.5 Å². The molecule has 0 aromatic heterocycles. The molecule has 0 aliphatic heterocycles. The van der Waals surface area contributed by atoms with Gasteiger partial charge in [0, 0.05) is 0 Å². The maximum absolute atomic E-state index is 12.3. The molecule has 21 heavy (non-hydrogen) atoms. The van der Waals surface area contributed by atoms with E-state index in [2.05, 4.69) is 0 Å². The molecular formula is C15H18FNO3S. The SMILES string of the molecule is Cc1ccc(S(=O)(=O)O)cc1.NCCc1ccc(F)cc1. The standard InChI is InChI=1S/C8H10FN.C7H8O3S/c9-8-3-1-7(2-4-8)5-6-10;1-6-2-4-7(5-3-6)11(8,9)10/h1-4H,5-6,10H2;2-5H,1H3,(H,8,9,10). The van der Waals surface area contributed by atoms with Crippen molar-refractivity contribution in [3.63, 3.8) is 0 Å². The first-order chi connectivity index (χ1) is 9.82. The normalized spacial score (nSPS) is 10.7. The Labute approximate surface area is 124 Å². The van der Waals surface area contributed by atoms with E-state index in [0.717, 1.165) is 17.5 Å². The van der Waals surface area contributed by atoms with Gasteiger partial charge in [0.05, 0.1) is 4.90 Å². The number of rotatable bonds is 3. The van der Waals surface area contributed by atoms with Gasteiger partial charge in [-0.25, -0.2) is 4.39 Å². The zero-order valence-electron chi connectivity index (χ0n) is 11.7. The molecule has 6 heteroatoms. The van der Waals surface area contributed by atoms with E-state index < -0.39 is 10.1 Å². The predicted octanol–water partition coefficient (Wildman–Crippen LogP) is 2.57. The minimum atomic E-state index is -4.02. The largest absolute Gasteiger partial charge is 0.330 e. The molecule has 0 bridgehead atoms. The van der Waals surface area contributed by atoms with Crippen molar-refractivity contribution >= 4 is 10.1 Å². The van der Waals surface area contributed by atoms with Crippen LogP contribution in [0.25, 0.3) is 0 Å². The van der Waals surface area contributed by atoms with Gasteiger partial charge in [0.2, 0.25) is 0 Å². The fraction of sp³-hybridized carbons (Fsp3) is 0.200. The van der Waals surface area contributed by atoms with E-state index in [1.807, 2.05) is 6.92 Å². The van der Waals surface area contributed by atoms with Crippen LogP contribution in [0.1, 0.15) is 11.1 Å². The third-order valence-corrected chi connectivity index (χ3v) is 3.53. The minimum Gasteiger partial charge on any atom is -0.330 e. The summed E-state index contributed by atoms with van der Waals surface area (Å²) < 4.78 is 41.8. The van der Waals surface area contributed by atoms with Crippen LogP contribution in [0.4, 0.5) is 4.39 Å². The lowest BCUT2D eigenvalue weighted by atomic mass is 10.1. The van der Waals surface area contributed by atoms with Crippen molar-refractivity contribution in [1.82, 2.24) is 0 Å². The van der Waals surface area contributed by atoms with Crippen LogP contribution in [0.5, 0.6) is 0 Å². The minimum absolute atomic E-state index is 0.0666. The number of nitrogens with two attached hydrogens (primary N) is 1. The van der Waals surface area contributed by atoms with Gasteiger partial charge in [-0.3, -0.25) is 4.55 Å². The van der Waals surface area contributed by atoms with E-state index in [1.54, 1.807) is 24.3 Å². The lowest BCUT2D eigenvalue weighted by molar-refractivity contribution is 0.483. The molecule has 0 aliphatic carbocycles. The number of hydrogen-bond donors (Lipinski definition) is 2. The van der Waals surface area contributed by atoms with Gasteiger partial charge in [-0.1, -0.05) is 29.8 Å². The molecule has 0 fully saturated rings. The van der Waals surface area contributed by atoms with Gasteiger partial charge in [0.15, 0.2) is 0 Å². The van der Waals surface area contributed by atoms with Crippen LogP contribution in [0.3, 0.4) is 0 Å². The zero-order chi connectivity index (χ0) is 15.9. The Morgan fingerprint density at radius 3 is 2.00 bits per heavy atom. The van der Waals surface area contributed by atoms with Crippen LogP contribution in [-0.4, -0.2) is 19.5 Å². The Bertz CT molecular complexity index is 652. The van der Waals surface area contributed by atoms with E-state index in [-0.39, 0.29) is 10.7 Å². The number of benzene rings is 2. The molecule has 0 saturated carbocycles. The molecule has 2 aromatic rings. The Morgan fingerprint density at radius 1 is 1.05 bits per heavy atom. The maximum atomic E-state index is 12.3. The van der Waals surface area contributed by atoms with E-state index in [9.17, 15) is 12.8 Å². The van der Waals surface area contributed by atoms with Gasteiger partial charge in [0.1, 0.15) is 5.82 Å². The van der Waals surface area contributed by atoms with Crippen LogP contribution in [0.2, 0.25) is 0 Å². The molecule has 0 unspecified atom stereocenters. The predicted molar refractivity (Wildman–Crippen MR) is 80.2 cm³/mol. The Hall–Kier alpha value is -1.76. The fourth-order valence-corrected chi connectivity index (χ4v) is 2.01. The second-order valence-corrected chi connectivity index (χ2v) is 5.87. The van der Waals surface area contributed by atoms with Crippen molar-refractivity contribution in [3.8, 4) is 0 Å². The highest BCUT2D eigenvalue weighted by Gasteiger charge is 2.06. The number of hydrogen-bond acceptors (Lipinski definition) is 3. The van der Waals surface area contributed by atoms with Gasteiger partial charge in [-0.15, -0.1) is 0 Å². The monoisotopic (exact) mass is 311 g/mol. The molecule has 0 atom stereocenters. The molecule has 0 amide bonds. The quantitative estimate of drug-likeness (QED) is 0.854. The van der Waals surface area contributed by atoms with E-state index in [1.165, 1.54) is 24.3 Å². The first kappa shape index (κ1) is 17.3. The molecule has 2 rings (SSSR count). The third kappa shape index (κ3) is 6.48. The lowest BCUT2D eigenvalue weighted by Crippen LogP contribution is -2.02. The summed E-state index contributed by atoms with van der Waals surface area (Å²) in [4.78, 5) is -0.0666. The average molecular weight is 311 g/mol. The molecule has 3 N–H and O–H groups in total. The van der Waals surface area contributed by atoms with Crippen LogP contribution in [0, 0.1) is 12.7 Å². The highest BCUT2D eigenvalue weighted by atomic mass is 32.2. The molecule has 0 saturated heterocycles. The third-order valence-electron chi connectivity index (χ3n) is 2.67. The van der Waals surface area contributed by atoms with Gasteiger partial charge < -0.3 is 5.73 Å². The average Bonchev–Trinajstić information content (AvgIpc) is 2.42. The molecule has 0 heterocycles. The first-order valence-corrected chi connectivity index (χ1v) is 7.75. The number of halogens is 1. The Morgan fingerprint density at radius 2 is 1.57 bits per heavy atom. The van der Waals surface area contributed by atoms with Crippen molar-refractivity contribution in [2.45, 2.75) is 18.2 Å². The van der Waals surface area contributed by atoms with Crippen LogP contribution < -0.4 is 5.73 Å². The van der Waals surface area contributed by atoms with E-state index in [4.69, 9.17) is 10.3 Å². The first-order valence-electron chi connectivity index (χ1n) is 6.31. The molecule has 114 valence electrons. The van der Waals surface area contributed by atoms with Crippen molar-refractivity contribution in [2.75, 3.05) is 6.54 Å². The molecule has 0 radical (unpaired) electrons. The highest BCUT2D eigenvalue weighted by molar-refractivity contribution is 7.85. The second kappa shape index (κ2) is 7.87. The van der Waals surface area contributed by atoms with Gasteiger partial charge in [0.25, 0.3) is 10.1 Å². The summed E-state index contributed by atoms with van der Waals surface area (Å²) in [7, 11) is -4.02. The fourth-order valence-electron chi connectivity index (χ4n) is 1.53. The Balaban J connectivity index is 0.000000211. The smallest absolute Gasteiger partial charge is 0.294 e. The summed E-state index contributed by atoms with van der Waals surface area (Å²) in [5, 5.41) is 0. The second-order valence-electron chi connectivity index (χ2n) is 4.45. The van der Waals surface area contributed by atoms with E-state index in [0.29, 0.717) is 6.54 Å². The zero-order valence-corrected chi connectivity index (χ0v) is 12.5. The van der Waals surface area contributed by atoms with E-state index >= 15 is 0 Å². The topological polar surface area (TPSA) is 80.4 Å². The highest BCUT2D eigenvalue weighted by Crippen LogP contribution is 2.08. The maximum Gasteiger partial charge on any atom is 0.294 e. The van der Waals surface area contributed by atoms with Crippen molar-refractivity contribution in [3.05, 3.63) is 65.5 Å². The van der Waals surface area contributed by atoms with Gasteiger partial charge in [-0.05, 0) is 49.7 Å². The summed E-state index contributed by atoms with van der Waals surface area (Å²) in [6.45, 7) is 2.46. The Kier molecular flexibility index (Phi) is 6.48. The van der Waals surface area contributed by atoms with Gasteiger partial charge in [-0.2, -0.15) is 8.42 Å². The number of aryl methyl sites for hydroxylation is 1. The molecule has 0 aliphatic rings. The lowest BCUT2D eigenvalue weighted by Gasteiger charge is -1.95. The molecule has 2 aromatic carbocycles. The summed E-state index contributed by atoms with van der Waals surface area (Å²) in [6.07, 6.45) is 0.820. The van der Waals surface area contributed by atoms with Crippen molar-refractivity contribution in [2.24, 2.45) is 5.73 Å². The van der Waals surface area contributed by atoms with Crippen molar-refractivity contribution < 1.29 is 17.4 Å². The molecule has 4 nitrogen and oxygen atoms in total. The summed E-state index contributed by atoms with van der Waals surface area (Å²) >= 11 is 0. The van der Waals surface area contributed by atoms with Crippen LogP contribution in [0.15, 0.2) is 53.4 Å².